The van der Waals surface area contributed by atoms with Crippen LogP contribution in [0, 0.1) is 0 Å². The second kappa shape index (κ2) is 5.60. The van der Waals surface area contributed by atoms with Crippen LogP contribution in [0.15, 0.2) is 42.7 Å². The highest BCUT2D eigenvalue weighted by atomic mass is 19.1. The molecule has 0 aromatic carbocycles. The summed E-state index contributed by atoms with van der Waals surface area (Å²) in [6, 6.07) is 8.89. The van der Waals surface area contributed by atoms with Gasteiger partial charge in [-0.2, -0.15) is 0 Å². The fourth-order valence-corrected chi connectivity index (χ4v) is 2.31. The molecule has 1 aliphatic rings. The molecule has 108 valence electrons. The van der Waals surface area contributed by atoms with E-state index in [1.165, 1.54) is 0 Å². The lowest BCUT2D eigenvalue weighted by Crippen LogP contribution is -2.44. The molecule has 0 spiro atoms. The molecule has 4 nitrogen and oxygen atoms in total. The molecular weight excluding hydrogens is 269 g/mol. The minimum Gasteiger partial charge on any atom is -0.347 e. The molecule has 0 unspecified atom stereocenters. The minimum atomic E-state index is -1.22. The topological polar surface area (TPSA) is 54.9 Å². The van der Waals surface area contributed by atoms with Crippen molar-refractivity contribution in [3.8, 4) is 11.3 Å². The Morgan fingerprint density at radius 1 is 1.24 bits per heavy atom. The predicted octanol–water partition coefficient (Wildman–Crippen LogP) is 2.77. The van der Waals surface area contributed by atoms with Crippen LogP contribution in [0.5, 0.6) is 0 Å². The number of carbonyl (C=O) groups excluding carboxylic acids is 1. The van der Waals surface area contributed by atoms with E-state index in [4.69, 9.17) is 0 Å². The first-order chi connectivity index (χ1) is 10.2. The van der Waals surface area contributed by atoms with Gasteiger partial charge in [0.2, 0.25) is 0 Å². The Kier molecular flexibility index (Phi) is 3.64. The molecule has 1 amide bonds. The monoisotopic (exact) mass is 285 g/mol. The molecule has 1 N–H and O–H groups in total. The van der Waals surface area contributed by atoms with E-state index in [2.05, 4.69) is 15.3 Å². The number of rotatable bonds is 4. The van der Waals surface area contributed by atoms with Gasteiger partial charge in [-0.25, -0.2) is 9.37 Å². The Morgan fingerprint density at radius 2 is 2.00 bits per heavy atom. The van der Waals surface area contributed by atoms with Crippen LogP contribution in [0.1, 0.15) is 29.8 Å². The molecule has 0 radical (unpaired) electrons. The number of aromatic nitrogens is 2. The van der Waals surface area contributed by atoms with E-state index in [0.29, 0.717) is 24.2 Å². The maximum absolute atomic E-state index is 13.9. The summed E-state index contributed by atoms with van der Waals surface area (Å²) in [5.41, 5.74) is 0.662. The van der Waals surface area contributed by atoms with Crippen molar-refractivity contribution in [1.29, 1.82) is 0 Å². The predicted molar refractivity (Wildman–Crippen MR) is 77.5 cm³/mol. The number of hydrogen-bond acceptors (Lipinski definition) is 3. The first-order valence-corrected chi connectivity index (χ1v) is 7.01. The van der Waals surface area contributed by atoms with Gasteiger partial charge in [0.05, 0.1) is 12.2 Å². The van der Waals surface area contributed by atoms with E-state index in [9.17, 15) is 9.18 Å². The number of pyridine rings is 2. The Morgan fingerprint density at radius 3 is 2.67 bits per heavy atom. The quantitative estimate of drug-likeness (QED) is 0.939. The second-order valence-electron chi connectivity index (χ2n) is 5.33. The number of nitrogens with zero attached hydrogens (tertiary/aromatic N) is 2. The number of nitrogens with one attached hydrogen (secondary N) is 1. The lowest BCUT2D eigenvalue weighted by molar-refractivity contribution is 0.0575. The van der Waals surface area contributed by atoms with Crippen molar-refractivity contribution in [3.05, 3.63) is 48.4 Å². The van der Waals surface area contributed by atoms with E-state index in [1.807, 2.05) is 18.2 Å². The average molecular weight is 285 g/mol. The molecule has 21 heavy (non-hydrogen) atoms. The van der Waals surface area contributed by atoms with E-state index in [-0.39, 0.29) is 12.5 Å². The summed E-state index contributed by atoms with van der Waals surface area (Å²) in [7, 11) is 0. The summed E-state index contributed by atoms with van der Waals surface area (Å²) in [4.78, 5) is 20.3. The lowest BCUT2D eigenvalue weighted by Gasteiger charge is -2.33. The van der Waals surface area contributed by atoms with Crippen molar-refractivity contribution in [2.45, 2.75) is 24.9 Å². The molecule has 2 heterocycles. The van der Waals surface area contributed by atoms with E-state index >= 15 is 0 Å². The van der Waals surface area contributed by atoms with Crippen LogP contribution in [0.2, 0.25) is 0 Å². The molecule has 2 aromatic heterocycles. The van der Waals surface area contributed by atoms with Crippen molar-refractivity contribution in [1.82, 2.24) is 15.3 Å². The van der Waals surface area contributed by atoms with Gasteiger partial charge in [-0.1, -0.05) is 6.07 Å². The molecule has 0 saturated heterocycles. The van der Waals surface area contributed by atoms with Crippen molar-refractivity contribution in [3.63, 3.8) is 0 Å². The zero-order chi connectivity index (χ0) is 14.7. The third kappa shape index (κ3) is 3.07. The van der Waals surface area contributed by atoms with Crippen LogP contribution < -0.4 is 5.32 Å². The number of halogens is 1. The number of hydrogen-bond donors (Lipinski definition) is 1. The lowest BCUT2D eigenvalue weighted by atomic mass is 9.82. The first-order valence-electron chi connectivity index (χ1n) is 7.01. The zero-order valence-electron chi connectivity index (χ0n) is 11.6. The highest BCUT2D eigenvalue weighted by Gasteiger charge is 2.37. The Hall–Kier alpha value is -2.30. The van der Waals surface area contributed by atoms with Gasteiger partial charge in [0.25, 0.3) is 5.91 Å². The van der Waals surface area contributed by atoms with Gasteiger partial charge < -0.3 is 5.32 Å². The van der Waals surface area contributed by atoms with Crippen LogP contribution >= 0.6 is 0 Å². The molecule has 3 rings (SSSR count). The minimum absolute atomic E-state index is 0.0625. The normalized spacial score (nSPS) is 16.0. The summed E-state index contributed by atoms with van der Waals surface area (Å²) in [5, 5.41) is 2.63. The third-order valence-corrected chi connectivity index (χ3v) is 3.77. The fraction of sp³-hybridized carbons (Fsp3) is 0.312. The molecule has 5 heteroatoms. The van der Waals surface area contributed by atoms with Gasteiger partial charge >= 0.3 is 0 Å². The Balaban J connectivity index is 1.72. The van der Waals surface area contributed by atoms with Gasteiger partial charge in [-0.3, -0.25) is 9.78 Å². The maximum Gasteiger partial charge on any atom is 0.270 e. The maximum atomic E-state index is 13.9. The Labute approximate surface area is 122 Å². The Bertz CT molecular complexity index is 641. The van der Waals surface area contributed by atoms with E-state index in [1.54, 1.807) is 24.5 Å². The molecule has 0 aliphatic heterocycles. The van der Waals surface area contributed by atoms with Crippen LogP contribution in [-0.4, -0.2) is 28.1 Å². The van der Waals surface area contributed by atoms with Crippen LogP contribution in [0.4, 0.5) is 4.39 Å². The summed E-state index contributed by atoms with van der Waals surface area (Å²) in [5.74, 6) is -0.338. The first kappa shape index (κ1) is 13.7. The molecule has 1 aliphatic carbocycles. The van der Waals surface area contributed by atoms with Crippen LogP contribution in [0.3, 0.4) is 0 Å². The van der Waals surface area contributed by atoms with Gasteiger partial charge in [-0.05, 0) is 43.5 Å². The molecule has 0 atom stereocenters. The molecule has 2 aromatic rings. The van der Waals surface area contributed by atoms with Gasteiger partial charge in [0.1, 0.15) is 11.4 Å². The summed E-state index contributed by atoms with van der Waals surface area (Å²) < 4.78 is 13.9. The van der Waals surface area contributed by atoms with E-state index in [0.717, 1.165) is 12.0 Å². The highest BCUT2D eigenvalue weighted by molar-refractivity contribution is 5.92. The fourth-order valence-electron chi connectivity index (χ4n) is 2.31. The van der Waals surface area contributed by atoms with Crippen LogP contribution in [0.25, 0.3) is 11.3 Å². The van der Waals surface area contributed by atoms with Gasteiger partial charge in [-0.15, -0.1) is 0 Å². The van der Waals surface area contributed by atoms with E-state index < -0.39 is 5.67 Å². The average Bonchev–Trinajstić information content (AvgIpc) is 2.52. The third-order valence-electron chi connectivity index (χ3n) is 3.77. The van der Waals surface area contributed by atoms with Crippen LogP contribution in [-0.2, 0) is 0 Å². The standard InChI is InChI=1S/C16H16FN3O/c17-16(7-2-8-16)11-19-15(21)14-4-1-3-13(20-14)12-5-9-18-10-6-12/h1,3-6,9-10H,2,7-8,11H2,(H,19,21). The SMILES string of the molecule is O=C(NCC1(F)CCC1)c1cccc(-c2ccncc2)n1. The smallest absolute Gasteiger partial charge is 0.270 e. The zero-order valence-corrected chi connectivity index (χ0v) is 11.6. The van der Waals surface area contributed by atoms with Gasteiger partial charge in [0.15, 0.2) is 0 Å². The second-order valence-corrected chi connectivity index (χ2v) is 5.33. The summed E-state index contributed by atoms with van der Waals surface area (Å²) >= 11 is 0. The van der Waals surface area contributed by atoms with Crippen molar-refractivity contribution >= 4 is 5.91 Å². The highest BCUT2D eigenvalue weighted by Crippen LogP contribution is 2.34. The van der Waals surface area contributed by atoms with Gasteiger partial charge in [0, 0.05) is 18.0 Å². The van der Waals surface area contributed by atoms with Crippen molar-refractivity contribution in [2.75, 3.05) is 6.54 Å². The summed E-state index contributed by atoms with van der Waals surface area (Å²) in [6.45, 7) is 0.0625. The number of amides is 1. The molecule has 1 fully saturated rings. The summed E-state index contributed by atoms with van der Waals surface area (Å²) in [6.07, 6.45) is 5.29. The number of alkyl halides is 1. The molecule has 0 bridgehead atoms. The largest absolute Gasteiger partial charge is 0.347 e. The number of carbonyl (C=O) groups is 1. The van der Waals surface area contributed by atoms with Crippen molar-refractivity contribution < 1.29 is 9.18 Å². The molecular formula is C16H16FN3O. The molecule has 1 saturated carbocycles. The van der Waals surface area contributed by atoms with Crippen molar-refractivity contribution in [2.24, 2.45) is 0 Å².